The van der Waals surface area contributed by atoms with Crippen molar-refractivity contribution in [3.8, 4) is 5.69 Å². The Labute approximate surface area is 248 Å². The van der Waals surface area contributed by atoms with Gasteiger partial charge in [0, 0.05) is 47.0 Å². The minimum Gasteiger partial charge on any atom is -0.479 e. The number of nitrogens with one attached hydrogen (secondary N) is 3. The summed E-state index contributed by atoms with van der Waals surface area (Å²) in [7, 11) is 0. The van der Waals surface area contributed by atoms with Crippen LogP contribution in [0.4, 0.5) is 16.2 Å². The third kappa shape index (κ3) is 6.59. The summed E-state index contributed by atoms with van der Waals surface area (Å²) in [4.78, 5) is 43.7. The number of ether oxygens (including phenoxy) is 1. The molecule has 10 heteroatoms. The van der Waals surface area contributed by atoms with Crippen LogP contribution in [-0.2, 0) is 16.0 Å². The molecule has 220 valence electrons. The SMILES string of the molecule is CCc1cc(NC(=O)OC[C@H](C)c2ccc(C(Nc3ccc4cc[nH]c(=O)c4c3)C(=O)O)cc2C)ccc1-n1ccnc1. The number of carboxylic acids is 1. The second-order valence-electron chi connectivity index (χ2n) is 10.4. The zero-order valence-electron chi connectivity index (χ0n) is 24.1. The van der Waals surface area contributed by atoms with Crippen molar-refractivity contribution >= 4 is 34.2 Å². The van der Waals surface area contributed by atoms with Crippen LogP contribution < -0.4 is 16.2 Å². The molecule has 2 aromatic heterocycles. The van der Waals surface area contributed by atoms with E-state index in [1.807, 2.05) is 61.9 Å². The van der Waals surface area contributed by atoms with E-state index >= 15 is 0 Å². The third-order valence-corrected chi connectivity index (χ3v) is 7.45. The second-order valence-corrected chi connectivity index (χ2v) is 10.4. The standard InChI is InChI=1S/C33H33N5O5/c1-4-22-16-25(8-10-29(22)38-14-13-34-19-38)37-33(42)43-18-21(3)27-9-6-24(15-20(27)2)30(32(40)41)36-26-7-5-23-11-12-35-31(39)28(23)17-26/h5-17,19,21,30,36H,4,18H2,1-3H3,(H,35,39)(H,37,42)(H,40,41)/t21-,30?/m0/s1. The summed E-state index contributed by atoms with van der Waals surface area (Å²) in [6.45, 7) is 6.04. The molecule has 0 aliphatic heterocycles. The van der Waals surface area contributed by atoms with Gasteiger partial charge in [-0.15, -0.1) is 0 Å². The van der Waals surface area contributed by atoms with Gasteiger partial charge in [-0.1, -0.05) is 38.1 Å². The highest BCUT2D eigenvalue weighted by molar-refractivity contribution is 5.87. The fourth-order valence-electron chi connectivity index (χ4n) is 5.20. The van der Waals surface area contributed by atoms with Crippen molar-refractivity contribution in [3.63, 3.8) is 0 Å². The maximum atomic E-state index is 12.6. The van der Waals surface area contributed by atoms with Crippen LogP contribution in [0.5, 0.6) is 0 Å². The van der Waals surface area contributed by atoms with Crippen molar-refractivity contribution in [3.05, 3.63) is 118 Å². The van der Waals surface area contributed by atoms with Crippen molar-refractivity contribution in [1.29, 1.82) is 0 Å². The van der Waals surface area contributed by atoms with Gasteiger partial charge in [0.15, 0.2) is 6.04 Å². The summed E-state index contributed by atoms with van der Waals surface area (Å²) in [5.41, 5.74) is 5.36. The maximum absolute atomic E-state index is 12.6. The van der Waals surface area contributed by atoms with E-state index in [-0.39, 0.29) is 18.1 Å². The van der Waals surface area contributed by atoms with Crippen molar-refractivity contribution < 1.29 is 19.4 Å². The molecule has 3 aromatic carbocycles. The molecule has 43 heavy (non-hydrogen) atoms. The molecule has 0 saturated carbocycles. The fraction of sp³-hybridized carbons (Fsp3) is 0.212. The van der Waals surface area contributed by atoms with Crippen molar-refractivity contribution in [2.75, 3.05) is 17.2 Å². The summed E-state index contributed by atoms with van der Waals surface area (Å²) in [5, 5.41) is 17.1. The Morgan fingerprint density at radius 3 is 2.60 bits per heavy atom. The predicted octanol–water partition coefficient (Wildman–Crippen LogP) is 6.17. The number of amides is 1. The zero-order chi connectivity index (χ0) is 30.5. The first-order valence-corrected chi connectivity index (χ1v) is 14.0. The van der Waals surface area contributed by atoms with E-state index in [2.05, 4.69) is 20.6 Å². The van der Waals surface area contributed by atoms with E-state index in [4.69, 9.17) is 4.74 Å². The fourth-order valence-corrected chi connectivity index (χ4v) is 5.20. The van der Waals surface area contributed by atoms with Crippen molar-refractivity contribution in [2.24, 2.45) is 0 Å². The summed E-state index contributed by atoms with van der Waals surface area (Å²) in [6.07, 6.45) is 7.13. The number of hydrogen-bond acceptors (Lipinski definition) is 6. The van der Waals surface area contributed by atoms with Gasteiger partial charge >= 0.3 is 12.1 Å². The lowest BCUT2D eigenvalue weighted by Crippen LogP contribution is -2.21. The molecule has 10 nitrogen and oxygen atoms in total. The Hall–Kier alpha value is -5.38. The van der Waals surface area contributed by atoms with E-state index in [1.54, 1.807) is 49.1 Å². The lowest BCUT2D eigenvalue weighted by Gasteiger charge is -2.20. The average molecular weight is 580 g/mol. The van der Waals surface area contributed by atoms with E-state index in [1.165, 1.54) is 0 Å². The summed E-state index contributed by atoms with van der Waals surface area (Å²) in [6, 6.07) is 17.0. The smallest absolute Gasteiger partial charge is 0.411 e. The third-order valence-electron chi connectivity index (χ3n) is 7.45. The summed E-state index contributed by atoms with van der Waals surface area (Å²) in [5.74, 6) is -1.18. The average Bonchev–Trinajstić information content (AvgIpc) is 3.54. The number of fused-ring (bicyclic) bond motifs is 1. The number of aryl methyl sites for hydroxylation is 2. The van der Waals surface area contributed by atoms with Crippen LogP contribution in [0.2, 0.25) is 0 Å². The number of aliphatic carboxylic acids is 1. The van der Waals surface area contributed by atoms with E-state index in [0.717, 1.165) is 34.2 Å². The zero-order valence-corrected chi connectivity index (χ0v) is 24.1. The Morgan fingerprint density at radius 1 is 1.07 bits per heavy atom. The van der Waals surface area contributed by atoms with Gasteiger partial charge in [-0.25, -0.2) is 14.6 Å². The van der Waals surface area contributed by atoms with E-state index in [9.17, 15) is 19.5 Å². The van der Waals surface area contributed by atoms with E-state index in [0.29, 0.717) is 22.3 Å². The Bertz CT molecular complexity index is 1830. The largest absolute Gasteiger partial charge is 0.479 e. The number of benzene rings is 3. The van der Waals surface area contributed by atoms with Gasteiger partial charge in [-0.05, 0) is 77.4 Å². The molecular weight excluding hydrogens is 546 g/mol. The number of imidazole rings is 1. The highest BCUT2D eigenvalue weighted by Crippen LogP contribution is 2.27. The molecule has 5 rings (SSSR count). The van der Waals surface area contributed by atoms with Gasteiger partial charge in [0.1, 0.15) is 0 Å². The maximum Gasteiger partial charge on any atom is 0.411 e. The molecule has 0 fully saturated rings. The van der Waals surface area contributed by atoms with E-state index < -0.39 is 18.1 Å². The van der Waals surface area contributed by atoms with Gasteiger partial charge in [0.05, 0.1) is 12.9 Å². The molecule has 0 radical (unpaired) electrons. The number of carbonyl (C=O) groups excluding carboxylic acids is 1. The van der Waals surface area contributed by atoms with Crippen LogP contribution in [0.3, 0.4) is 0 Å². The molecule has 0 aliphatic rings. The molecular formula is C33H33N5O5. The number of rotatable bonds is 10. The number of aromatic nitrogens is 3. The first-order valence-electron chi connectivity index (χ1n) is 14.0. The molecule has 0 bridgehead atoms. The number of nitrogens with zero attached hydrogens (tertiary/aromatic N) is 2. The molecule has 1 amide bonds. The Balaban J connectivity index is 1.23. The lowest BCUT2D eigenvalue weighted by atomic mass is 9.93. The van der Waals surface area contributed by atoms with Gasteiger partial charge < -0.3 is 24.7 Å². The number of carboxylic acid groups (broad SMARTS) is 1. The second kappa shape index (κ2) is 12.6. The summed E-state index contributed by atoms with van der Waals surface area (Å²) >= 11 is 0. The van der Waals surface area contributed by atoms with Crippen LogP contribution in [-0.4, -0.2) is 38.3 Å². The predicted molar refractivity (Wildman–Crippen MR) is 166 cm³/mol. The van der Waals surface area contributed by atoms with Crippen LogP contribution in [0.1, 0.15) is 48.1 Å². The van der Waals surface area contributed by atoms with Crippen molar-refractivity contribution in [2.45, 2.75) is 39.2 Å². The van der Waals surface area contributed by atoms with Crippen LogP contribution in [0.25, 0.3) is 16.5 Å². The number of H-pyrrole nitrogens is 1. The highest BCUT2D eigenvalue weighted by Gasteiger charge is 2.22. The van der Waals surface area contributed by atoms with Gasteiger partial charge in [-0.2, -0.15) is 0 Å². The number of aromatic amines is 1. The highest BCUT2D eigenvalue weighted by atomic mass is 16.5. The van der Waals surface area contributed by atoms with Gasteiger partial charge in [-0.3, -0.25) is 10.1 Å². The minimum atomic E-state index is -1.05. The molecule has 0 saturated heterocycles. The van der Waals surface area contributed by atoms with Crippen LogP contribution in [0.15, 0.2) is 90.4 Å². The molecule has 5 aromatic rings. The van der Waals surface area contributed by atoms with Gasteiger partial charge in [0.25, 0.3) is 5.56 Å². The first-order chi connectivity index (χ1) is 20.7. The number of pyridine rings is 1. The molecule has 4 N–H and O–H groups in total. The molecule has 1 unspecified atom stereocenters. The minimum absolute atomic E-state index is 0.127. The van der Waals surface area contributed by atoms with Crippen LogP contribution >= 0.6 is 0 Å². The monoisotopic (exact) mass is 579 g/mol. The molecule has 2 atom stereocenters. The number of hydrogen-bond donors (Lipinski definition) is 4. The van der Waals surface area contributed by atoms with Crippen molar-refractivity contribution in [1.82, 2.24) is 14.5 Å². The lowest BCUT2D eigenvalue weighted by molar-refractivity contribution is -0.138. The Morgan fingerprint density at radius 2 is 1.88 bits per heavy atom. The van der Waals surface area contributed by atoms with Gasteiger partial charge in [0.2, 0.25) is 0 Å². The quantitative estimate of drug-likeness (QED) is 0.155. The topological polar surface area (TPSA) is 138 Å². The number of carbonyl (C=O) groups is 2. The van der Waals surface area contributed by atoms with Crippen LogP contribution in [0, 0.1) is 6.92 Å². The number of anilines is 2. The normalized spacial score (nSPS) is 12.4. The molecule has 0 aliphatic carbocycles. The Kier molecular flexibility index (Phi) is 8.56. The molecule has 2 heterocycles. The first kappa shape index (κ1) is 29.1. The molecule has 0 spiro atoms. The summed E-state index contributed by atoms with van der Waals surface area (Å²) < 4.78 is 7.46.